The van der Waals surface area contributed by atoms with Crippen LogP contribution >= 0.6 is 11.6 Å². The average Bonchev–Trinajstić information content (AvgIpc) is 2.43. The van der Waals surface area contributed by atoms with Crippen LogP contribution in [0.3, 0.4) is 0 Å². The predicted molar refractivity (Wildman–Crippen MR) is 80.1 cm³/mol. The maximum Gasteiger partial charge on any atom is 0.345 e. The normalized spacial score (nSPS) is 15.4. The number of carbonyl (C=O) groups is 1. The van der Waals surface area contributed by atoms with E-state index < -0.39 is 12.1 Å². The number of aliphatic carboxylic acids is 1. The SMILES string of the molecule is CC[C@H](C)C[C@@H](CN)C(Oc1ccccc1Cl)C(=O)O. The number of hydrogen-bond acceptors (Lipinski definition) is 3. The molecule has 112 valence electrons. The van der Waals surface area contributed by atoms with Gasteiger partial charge in [0.1, 0.15) is 5.75 Å². The molecular weight excluding hydrogens is 278 g/mol. The van der Waals surface area contributed by atoms with Crippen LogP contribution in [0.5, 0.6) is 5.75 Å². The largest absolute Gasteiger partial charge is 0.478 e. The van der Waals surface area contributed by atoms with Crippen molar-refractivity contribution in [1.82, 2.24) is 0 Å². The second-order valence-corrected chi connectivity index (χ2v) is 5.46. The summed E-state index contributed by atoms with van der Waals surface area (Å²) in [5.74, 6) is -0.466. The van der Waals surface area contributed by atoms with Gasteiger partial charge in [-0.3, -0.25) is 0 Å². The van der Waals surface area contributed by atoms with Gasteiger partial charge in [0.15, 0.2) is 6.10 Å². The van der Waals surface area contributed by atoms with Crippen LogP contribution in [0.4, 0.5) is 0 Å². The third-order valence-electron chi connectivity index (χ3n) is 3.47. The predicted octanol–water partition coefficient (Wildman–Crippen LogP) is 3.18. The number of halogens is 1. The number of hydrogen-bond donors (Lipinski definition) is 2. The van der Waals surface area contributed by atoms with E-state index in [1.807, 2.05) is 0 Å². The number of carboxylic acids is 1. The first-order valence-corrected chi connectivity index (χ1v) is 7.21. The van der Waals surface area contributed by atoms with E-state index in [9.17, 15) is 9.90 Å². The maximum atomic E-state index is 11.5. The van der Waals surface area contributed by atoms with Crippen molar-refractivity contribution in [3.63, 3.8) is 0 Å². The van der Waals surface area contributed by atoms with Gasteiger partial charge in [-0.1, -0.05) is 44.0 Å². The molecule has 20 heavy (non-hydrogen) atoms. The summed E-state index contributed by atoms with van der Waals surface area (Å²) < 4.78 is 5.59. The molecule has 0 aliphatic heterocycles. The van der Waals surface area contributed by atoms with Gasteiger partial charge in [-0.05, 0) is 31.0 Å². The Balaban J connectivity index is 2.87. The van der Waals surface area contributed by atoms with E-state index in [0.717, 1.165) is 6.42 Å². The number of para-hydroxylation sites is 1. The minimum atomic E-state index is -1.01. The van der Waals surface area contributed by atoms with Gasteiger partial charge < -0.3 is 15.6 Å². The Morgan fingerprint density at radius 1 is 1.45 bits per heavy atom. The van der Waals surface area contributed by atoms with Crippen LogP contribution in [-0.4, -0.2) is 23.7 Å². The standard InChI is InChI=1S/C15H22ClNO3/c1-3-10(2)8-11(9-17)14(15(18)19)20-13-7-5-4-6-12(13)16/h4-7,10-11,14H,3,8-9,17H2,1-2H3,(H,18,19)/t10-,11-,14?/m0/s1. The monoisotopic (exact) mass is 299 g/mol. The van der Waals surface area contributed by atoms with Crippen LogP contribution in [0.2, 0.25) is 5.02 Å². The molecule has 1 unspecified atom stereocenters. The van der Waals surface area contributed by atoms with Crippen molar-refractivity contribution in [3.8, 4) is 5.75 Å². The Morgan fingerprint density at radius 2 is 2.10 bits per heavy atom. The Bertz CT molecular complexity index is 439. The molecule has 0 saturated carbocycles. The average molecular weight is 300 g/mol. The number of rotatable bonds is 8. The lowest BCUT2D eigenvalue weighted by atomic mass is 9.89. The van der Waals surface area contributed by atoms with E-state index in [2.05, 4.69) is 13.8 Å². The van der Waals surface area contributed by atoms with Crippen LogP contribution in [-0.2, 0) is 4.79 Å². The van der Waals surface area contributed by atoms with Crippen LogP contribution in [0, 0.1) is 11.8 Å². The molecule has 1 aromatic rings. The second-order valence-electron chi connectivity index (χ2n) is 5.05. The molecule has 0 aliphatic carbocycles. The van der Waals surface area contributed by atoms with Crippen molar-refractivity contribution >= 4 is 17.6 Å². The highest BCUT2D eigenvalue weighted by atomic mass is 35.5. The molecule has 0 amide bonds. The molecule has 4 nitrogen and oxygen atoms in total. The summed E-state index contributed by atoms with van der Waals surface area (Å²) in [7, 11) is 0. The minimum Gasteiger partial charge on any atom is -0.478 e. The molecule has 0 spiro atoms. The zero-order valence-corrected chi connectivity index (χ0v) is 12.6. The number of carboxylic acid groups (broad SMARTS) is 1. The number of nitrogens with two attached hydrogens (primary N) is 1. The summed E-state index contributed by atoms with van der Waals surface area (Å²) in [6, 6.07) is 6.85. The molecule has 0 saturated heterocycles. The summed E-state index contributed by atoms with van der Waals surface area (Å²) in [6.07, 6.45) is 0.720. The summed E-state index contributed by atoms with van der Waals surface area (Å²) in [4.78, 5) is 11.5. The number of ether oxygens (including phenoxy) is 1. The molecule has 1 rings (SSSR count). The van der Waals surface area contributed by atoms with Gasteiger partial charge >= 0.3 is 5.97 Å². The van der Waals surface area contributed by atoms with Gasteiger partial charge in [0.25, 0.3) is 0 Å². The van der Waals surface area contributed by atoms with E-state index in [1.54, 1.807) is 24.3 Å². The van der Waals surface area contributed by atoms with Crippen molar-refractivity contribution < 1.29 is 14.6 Å². The summed E-state index contributed by atoms with van der Waals surface area (Å²) in [5.41, 5.74) is 5.73. The highest BCUT2D eigenvalue weighted by molar-refractivity contribution is 6.32. The molecule has 0 bridgehead atoms. The molecule has 3 N–H and O–H groups in total. The first kappa shape index (κ1) is 16.8. The maximum absolute atomic E-state index is 11.5. The molecule has 0 aromatic heterocycles. The quantitative estimate of drug-likeness (QED) is 0.773. The van der Waals surface area contributed by atoms with Crippen molar-refractivity contribution in [2.24, 2.45) is 17.6 Å². The fourth-order valence-electron chi connectivity index (χ4n) is 2.05. The molecule has 0 radical (unpaired) electrons. The Hall–Kier alpha value is -1.26. The van der Waals surface area contributed by atoms with E-state index in [1.165, 1.54) is 0 Å². The fraction of sp³-hybridized carbons (Fsp3) is 0.533. The van der Waals surface area contributed by atoms with Crippen molar-refractivity contribution in [2.75, 3.05) is 6.54 Å². The second kappa shape index (κ2) is 8.12. The Morgan fingerprint density at radius 3 is 2.60 bits per heavy atom. The first-order valence-electron chi connectivity index (χ1n) is 6.83. The van der Waals surface area contributed by atoms with Gasteiger partial charge in [0, 0.05) is 5.92 Å². The molecule has 0 heterocycles. The summed E-state index contributed by atoms with van der Waals surface area (Å²) in [5, 5.41) is 9.79. The molecule has 3 atom stereocenters. The topological polar surface area (TPSA) is 72.5 Å². The van der Waals surface area contributed by atoms with E-state index in [0.29, 0.717) is 23.1 Å². The van der Waals surface area contributed by atoms with Gasteiger partial charge in [-0.15, -0.1) is 0 Å². The molecule has 5 heteroatoms. The third kappa shape index (κ3) is 4.69. The first-order chi connectivity index (χ1) is 9.49. The van der Waals surface area contributed by atoms with Crippen molar-refractivity contribution in [3.05, 3.63) is 29.3 Å². The van der Waals surface area contributed by atoms with Gasteiger partial charge in [0.05, 0.1) is 5.02 Å². The van der Waals surface area contributed by atoms with Gasteiger partial charge in [0.2, 0.25) is 0 Å². The van der Waals surface area contributed by atoms with Crippen LogP contribution < -0.4 is 10.5 Å². The zero-order valence-electron chi connectivity index (χ0n) is 11.9. The van der Waals surface area contributed by atoms with Crippen molar-refractivity contribution in [2.45, 2.75) is 32.8 Å². The Kier molecular flexibility index (Phi) is 6.82. The third-order valence-corrected chi connectivity index (χ3v) is 3.78. The lowest BCUT2D eigenvalue weighted by molar-refractivity contribution is -0.147. The smallest absolute Gasteiger partial charge is 0.345 e. The summed E-state index contributed by atoms with van der Waals surface area (Å²) in [6.45, 7) is 4.42. The van der Waals surface area contributed by atoms with Gasteiger partial charge in [-0.2, -0.15) is 0 Å². The fourth-order valence-corrected chi connectivity index (χ4v) is 2.23. The summed E-state index contributed by atoms with van der Waals surface area (Å²) >= 11 is 6.00. The molecular formula is C15H22ClNO3. The van der Waals surface area contributed by atoms with Gasteiger partial charge in [-0.25, -0.2) is 4.79 Å². The van der Waals surface area contributed by atoms with Crippen LogP contribution in [0.1, 0.15) is 26.7 Å². The van der Waals surface area contributed by atoms with Crippen LogP contribution in [0.15, 0.2) is 24.3 Å². The highest BCUT2D eigenvalue weighted by Crippen LogP contribution is 2.27. The highest BCUT2D eigenvalue weighted by Gasteiger charge is 2.30. The molecule has 0 fully saturated rings. The number of benzene rings is 1. The minimum absolute atomic E-state index is 0.237. The lowest BCUT2D eigenvalue weighted by Crippen LogP contribution is -2.40. The van der Waals surface area contributed by atoms with Crippen LogP contribution in [0.25, 0.3) is 0 Å². The molecule has 0 aliphatic rings. The van der Waals surface area contributed by atoms with E-state index in [-0.39, 0.29) is 12.5 Å². The van der Waals surface area contributed by atoms with Crippen molar-refractivity contribution in [1.29, 1.82) is 0 Å². The molecule has 1 aromatic carbocycles. The van der Waals surface area contributed by atoms with E-state index in [4.69, 9.17) is 22.1 Å². The van der Waals surface area contributed by atoms with E-state index >= 15 is 0 Å². The zero-order chi connectivity index (χ0) is 15.1. The lowest BCUT2D eigenvalue weighted by Gasteiger charge is -2.26. The Labute approximate surface area is 124 Å².